The van der Waals surface area contributed by atoms with Crippen LogP contribution in [0.2, 0.25) is 0 Å². The largest absolute Gasteiger partial charge is 0.481 e. The molecule has 0 aliphatic carbocycles. The molecule has 0 saturated carbocycles. The molecule has 0 aromatic heterocycles. The summed E-state index contributed by atoms with van der Waals surface area (Å²) in [6, 6.07) is 2.51. The Kier molecular flexibility index (Phi) is 4.83. The number of urea groups is 1. The Hall–Kier alpha value is -1.84. The average Bonchev–Trinajstić information content (AvgIpc) is 2.87. The van der Waals surface area contributed by atoms with Crippen LogP contribution in [0.25, 0.3) is 0 Å². The van der Waals surface area contributed by atoms with Crippen LogP contribution in [0, 0.1) is 17.7 Å². The lowest BCUT2D eigenvalue weighted by Gasteiger charge is -2.19. The monoisotopic (exact) mass is 398 g/mol. The second-order valence-electron chi connectivity index (χ2n) is 5.05. The summed E-state index contributed by atoms with van der Waals surface area (Å²) < 4.78 is 51.8. The topological polar surface area (TPSA) is 69.6 Å². The van der Waals surface area contributed by atoms with E-state index in [1.807, 2.05) is 0 Å². The zero-order chi connectivity index (χ0) is 17.4. The number of hydrogen-bond acceptors (Lipinski definition) is 2. The third kappa shape index (κ3) is 3.92. The van der Waals surface area contributed by atoms with E-state index in [-0.39, 0.29) is 10.2 Å². The van der Waals surface area contributed by atoms with Crippen molar-refractivity contribution in [2.75, 3.05) is 18.4 Å². The summed E-state index contributed by atoms with van der Waals surface area (Å²) in [6.45, 7) is -1.30. The van der Waals surface area contributed by atoms with Gasteiger partial charge in [-0.05, 0) is 34.1 Å². The Balaban J connectivity index is 2.13. The number of hydrogen-bond donors (Lipinski definition) is 2. The number of nitrogens with one attached hydrogen (secondary N) is 1. The first-order chi connectivity index (χ1) is 10.6. The van der Waals surface area contributed by atoms with Crippen LogP contribution in [0.1, 0.15) is 0 Å². The summed E-state index contributed by atoms with van der Waals surface area (Å²) >= 11 is 3.02. The van der Waals surface area contributed by atoms with Gasteiger partial charge >= 0.3 is 18.2 Å². The maximum absolute atomic E-state index is 13.0. The molecule has 5 nitrogen and oxygen atoms in total. The van der Waals surface area contributed by atoms with E-state index < -0.39 is 48.9 Å². The number of aliphatic carboxylic acids is 1. The van der Waals surface area contributed by atoms with Crippen molar-refractivity contribution in [3.63, 3.8) is 0 Å². The van der Waals surface area contributed by atoms with Gasteiger partial charge in [0.2, 0.25) is 0 Å². The molecule has 2 rings (SSSR count). The van der Waals surface area contributed by atoms with E-state index in [2.05, 4.69) is 21.2 Å². The lowest BCUT2D eigenvalue weighted by atomic mass is 9.96. The summed E-state index contributed by atoms with van der Waals surface area (Å²) in [7, 11) is 0. The van der Waals surface area contributed by atoms with E-state index in [0.29, 0.717) is 0 Å². The summed E-state index contributed by atoms with van der Waals surface area (Å²) in [5.41, 5.74) is 0.165. The number of carbonyl (C=O) groups is 2. The molecular weight excluding hydrogens is 388 g/mol. The first kappa shape index (κ1) is 17.5. The van der Waals surface area contributed by atoms with Crippen LogP contribution in [0.5, 0.6) is 0 Å². The lowest BCUT2D eigenvalue weighted by Crippen LogP contribution is -2.35. The molecule has 0 radical (unpaired) electrons. The quantitative estimate of drug-likeness (QED) is 0.750. The van der Waals surface area contributed by atoms with E-state index in [1.165, 1.54) is 6.07 Å². The van der Waals surface area contributed by atoms with E-state index >= 15 is 0 Å². The van der Waals surface area contributed by atoms with Gasteiger partial charge in [-0.25, -0.2) is 9.18 Å². The highest BCUT2D eigenvalue weighted by molar-refractivity contribution is 9.10. The highest BCUT2D eigenvalue weighted by Crippen LogP contribution is 2.38. The molecule has 23 heavy (non-hydrogen) atoms. The van der Waals surface area contributed by atoms with Crippen molar-refractivity contribution in [3.8, 4) is 0 Å². The number of alkyl halides is 3. The van der Waals surface area contributed by atoms with Crippen molar-refractivity contribution in [1.82, 2.24) is 4.90 Å². The van der Waals surface area contributed by atoms with E-state index in [9.17, 15) is 27.2 Å². The first-order valence-electron chi connectivity index (χ1n) is 6.40. The number of amides is 2. The zero-order valence-corrected chi connectivity index (χ0v) is 13.0. The van der Waals surface area contributed by atoms with Gasteiger partial charge in [0.15, 0.2) is 0 Å². The Bertz CT molecular complexity index is 638. The summed E-state index contributed by atoms with van der Waals surface area (Å²) in [5.74, 6) is -6.00. The number of halogens is 5. The molecule has 10 heteroatoms. The molecule has 1 heterocycles. The smallest absolute Gasteiger partial charge is 0.394 e. The van der Waals surface area contributed by atoms with Crippen LogP contribution in [0.15, 0.2) is 22.7 Å². The first-order valence-corrected chi connectivity index (χ1v) is 7.19. The van der Waals surface area contributed by atoms with Crippen molar-refractivity contribution >= 4 is 33.6 Å². The number of likely N-dealkylation sites (tertiary alicyclic amines) is 1. The maximum atomic E-state index is 13.0. The molecule has 2 N–H and O–H groups in total. The summed E-state index contributed by atoms with van der Waals surface area (Å²) in [4.78, 5) is 23.8. The Morgan fingerprint density at radius 2 is 1.96 bits per heavy atom. The Morgan fingerprint density at radius 1 is 1.30 bits per heavy atom. The van der Waals surface area contributed by atoms with Gasteiger partial charge in [0.1, 0.15) is 5.82 Å². The second-order valence-corrected chi connectivity index (χ2v) is 5.91. The van der Waals surface area contributed by atoms with Gasteiger partial charge in [-0.2, -0.15) is 13.2 Å². The summed E-state index contributed by atoms with van der Waals surface area (Å²) in [6.07, 6.45) is -4.71. The van der Waals surface area contributed by atoms with Crippen LogP contribution in [-0.4, -0.2) is 41.3 Å². The van der Waals surface area contributed by atoms with Crippen LogP contribution in [0.4, 0.5) is 28.0 Å². The zero-order valence-electron chi connectivity index (χ0n) is 11.4. The minimum atomic E-state index is -4.71. The molecule has 2 atom stereocenters. The Labute approximate surface area is 136 Å². The van der Waals surface area contributed by atoms with Gasteiger partial charge in [0.05, 0.1) is 17.5 Å². The minimum Gasteiger partial charge on any atom is -0.481 e. The van der Waals surface area contributed by atoms with Crippen LogP contribution in [-0.2, 0) is 4.79 Å². The van der Waals surface area contributed by atoms with Crippen molar-refractivity contribution in [2.24, 2.45) is 11.8 Å². The number of carboxylic acid groups (broad SMARTS) is 1. The van der Waals surface area contributed by atoms with Crippen LogP contribution in [0.3, 0.4) is 0 Å². The number of rotatable bonds is 2. The molecule has 2 amide bonds. The molecule has 1 aliphatic rings. The molecule has 126 valence electrons. The van der Waals surface area contributed by atoms with E-state index in [0.717, 1.165) is 17.0 Å². The molecule has 1 aromatic carbocycles. The number of nitrogens with zero attached hydrogens (tertiary/aromatic N) is 1. The molecule has 1 aromatic rings. The molecule has 1 saturated heterocycles. The van der Waals surface area contributed by atoms with Gasteiger partial charge in [-0.15, -0.1) is 0 Å². The summed E-state index contributed by atoms with van der Waals surface area (Å²) in [5, 5.41) is 11.2. The third-order valence-corrected chi connectivity index (χ3v) is 4.17. The fourth-order valence-electron chi connectivity index (χ4n) is 2.34. The molecule has 0 unspecified atom stereocenters. The van der Waals surface area contributed by atoms with Gasteiger partial charge < -0.3 is 15.3 Å². The van der Waals surface area contributed by atoms with Gasteiger partial charge in [-0.3, -0.25) is 4.79 Å². The predicted molar refractivity (Wildman–Crippen MR) is 75.4 cm³/mol. The molecule has 1 aliphatic heterocycles. The molecule has 0 spiro atoms. The van der Waals surface area contributed by atoms with Gasteiger partial charge in [0, 0.05) is 17.6 Å². The van der Waals surface area contributed by atoms with Crippen molar-refractivity contribution in [2.45, 2.75) is 6.18 Å². The minimum absolute atomic E-state index is 0.165. The van der Waals surface area contributed by atoms with Crippen LogP contribution >= 0.6 is 15.9 Å². The number of benzene rings is 1. The lowest BCUT2D eigenvalue weighted by molar-refractivity contribution is -0.187. The maximum Gasteiger partial charge on any atom is 0.394 e. The normalized spacial score (nSPS) is 21.3. The van der Waals surface area contributed by atoms with E-state index in [4.69, 9.17) is 5.11 Å². The number of carbonyl (C=O) groups excluding carboxylic acids is 1. The van der Waals surface area contributed by atoms with Crippen molar-refractivity contribution < 1.29 is 32.3 Å². The van der Waals surface area contributed by atoms with Gasteiger partial charge in [0.25, 0.3) is 0 Å². The van der Waals surface area contributed by atoms with Crippen LogP contribution < -0.4 is 5.32 Å². The fourth-order valence-corrected chi connectivity index (χ4v) is 2.79. The highest BCUT2D eigenvalue weighted by atomic mass is 79.9. The molecule has 1 fully saturated rings. The van der Waals surface area contributed by atoms with Crippen molar-refractivity contribution in [1.29, 1.82) is 0 Å². The Morgan fingerprint density at radius 3 is 2.43 bits per heavy atom. The van der Waals surface area contributed by atoms with Gasteiger partial charge in [-0.1, -0.05) is 0 Å². The fraction of sp³-hybridized carbons (Fsp3) is 0.385. The predicted octanol–water partition coefficient (Wildman–Crippen LogP) is 3.32. The number of anilines is 1. The molecular formula is C13H11BrF4N2O3. The van der Waals surface area contributed by atoms with Crippen molar-refractivity contribution in [3.05, 3.63) is 28.5 Å². The number of carboxylic acids is 1. The second kappa shape index (κ2) is 6.34. The average molecular weight is 399 g/mol. The SMILES string of the molecule is O=C(O)[C@@H]1CN(C(=O)Nc2ccc(F)cc2Br)C[C@H]1C(F)(F)F. The standard InChI is InChI=1S/C13H11BrF4N2O3/c14-9-3-6(15)1-2-10(9)19-12(23)20-4-7(11(21)22)8(5-20)13(16,17)18/h1-3,7-8H,4-5H2,(H,19,23)(H,21,22)/t7-,8-/m1/s1. The third-order valence-electron chi connectivity index (χ3n) is 3.52. The highest BCUT2D eigenvalue weighted by Gasteiger charge is 2.53. The molecule has 0 bridgehead atoms. The van der Waals surface area contributed by atoms with E-state index in [1.54, 1.807) is 0 Å².